The van der Waals surface area contributed by atoms with Gasteiger partial charge in [-0.2, -0.15) is 13.2 Å². The first-order valence-corrected chi connectivity index (χ1v) is 5.92. The zero-order valence-corrected chi connectivity index (χ0v) is 10.5. The molecule has 5 heteroatoms. The second kappa shape index (κ2) is 6.20. The Labute approximate surface area is 105 Å². The van der Waals surface area contributed by atoms with Gasteiger partial charge >= 0.3 is 6.18 Å². The molecular weight excluding hydrogens is 243 g/mol. The third-order valence-electron chi connectivity index (χ3n) is 2.91. The van der Waals surface area contributed by atoms with Crippen molar-refractivity contribution in [3.8, 4) is 0 Å². The summed E-state index contributed by atoms with van der Waals surface area (Å²) in [7, 11) is 0. The Bertz CT molecular complexity index is 375. The zero-order chi connectivity index (χ0) is 13.8. The topological polar surface area (TPSA) is 32.3 Å². The minimum Gasteiger partial charge on any atom is -0.395 e. The molecule has 0 aliphatic carbocycles. The maximum atomic E-state index is 12.6. The molecule has 0 aromatic heterocycles. The van der Waals surface area contributed by atoms with Crippen LogP contribution in [0.3, 0.4) is 0 Å². The SMILES string of the molecule is CCC(CO)NC(C)c1cccc(C(F)(F)F)c1. The quantitative estimate of drug-likeness (QED) is 0.853. The smallest absolute Gasteiger partial charge is 0.395 e. The van der Waals surface area contributed by atoms with Gasteiger partial charge in [-0.3, -0.25) is 0 Å². The van der Waals surface area contributed by atoms with Crippen molar-refractivity contribution in [3.05, 3.63) is 35.4 Å². The summed E-state index contributed by atoms with van der Waals surface area (Å²) in [5, 5.41) is 12.2. The molecule has 1 aromatic carbocycles. The van der Waals surface area contributed by atoms with Crippen LogP contribution in [0.2, 0.25) is 0 Å². The fourth-order valence-electron chi connectivity index (χ4n) is 1.73. The van der Waals surface area contributed by atoms with Crippen LogP contribution in [-0.2, 0) is 6.18 Å². The predicted octanol–water partition coefficient (Wildman–Crippen LogP) is 3.13. The van der Waals surface area contributed by atoms with E-state index in [0.717, 1.165) is 18.6 Å². The average molecular weight is 261 g/mol. The summed E-state index contributed by atoms with van der Waals surface area (Å²) in [6, 6.07) is 4.91. The van der Waals surface area contributed by atoms with Crippen LogP contribution in [0.25, 0.3) is 0 Å². The van der Waals surface area contributed by atoms with Crippen LogP contribution in [0.1, 0.15) is 37.4 Å². The number of alkyl halides is 3. The first kappa shape index (κ1) is 15.0. The van der Waals surface area contributed by atoms with E-state index >= 15 is 0 Å². The molecule has 0 aliphatic rings. The van der Waals surface area contributed by atoms with Gasteiger partial charge in [0.05, 0.1) is 12.2 Å². The molecule has 0 saturated heterocycles. The molecule has 2 nitrogen and oxygen atoms in total. The average Bonchev–Trinajstić information content (AvgIpc) is 2.34. The van der Waals surface area contributed by atoms with Gasteiger partial charge in [-0.25, -0.2) is 0 Å². The van der Waals surface area contributed by atoms with Gasteiger partial charge in [0.2, 0.25) is 0 Å². The molecule has 0 amide bonds. The summed E-state index contributed by atoms with van der Waals surface area (Å²) < 4.78 is 37.7. The van der Waals surface area contributed by atoms with E-state index in [-0.39, 0.29) is 18.7 Å². The Morgan fingerprint density at radius 1 is 1.33 bits per heavy atom. The van der Waals surface area contributed by atoms with E-state index in [1.165, 1.54) is 6.07 Å². The number of aliphatic hydroxyl groups excluding tert-OH is 1. The molecule has 0 spiro atoms. The summed E-state index contributed by atoms with van der Waals surface area (Å²) in [6.07, 6.45) is -3.60. The predicted molar refractivity (Wildman–Crippen MR) is 64.2 cm³/mol. The maximum absolute atomic E-state index is 12.6. The molecule has 2 N–H and O–H groups in total. The molecule has 2 atom stereocenters. The van der Waals surface area contributed by atoms with Crippen molar-refractivity contribution in [1.29, 1.82) is 0 Å². The highest BCUT2D eigenvalue weighted by atomic mass is 19.4. The molecule has 1 aromatic rings. The Hall–Kier alpha value is -1.07. The molecular formula is C13H18F3NO. The highest BCUT2D eigenvalue weighted by molar-refractivity contribution is 5.27. The second-order valence-corrected chi connectivity index (χ2v) is 4.30. The van der Waals surface area contributed by atoms with Crippen LogP contribution in [-0.4, -0.2) is 17.8 Å². The summed E-state index contributed by atoms with van der Waals surface area (Å²) >= 11 is 0. The lowest BCUT2D eigenvalue weighted by Gasteiger charge is -2.21. The highest BCUT2D eigenvalue weighted by Crippen LogP contribution is 2.30. The van der Waals surface area contributed by atoms with Gasteiger partial charge in [0.25, 0.3) is 0 Å². The van der Waals surface area contributed by atoms with E-state index in [9.17, 15) is 13.2 Å². The van der Waals surface area contributed by atoms with Gasteiger partial charge < -0.3 is 10.4 Å². The number of hydrogen-bond donors (Lipinski definition) is 2. The summed E-state index contributed by atoms with van der Waals surface area (Å²) in [6.45, 7) is 3.67. The van der Waals surface area contributed by atoms with E-state index in [4.69, 9.17) is 5.11 Å². The fraction of sp³-hybridized carbons (Fsp3) is 0.538. The van der Waals surface area contributed by atoms with Crippen LogP contribution in [0.5, 0.6) is 0 Å². The normalized spacial score (nSPS) is 15.4. The van der Waals surface area contributed by atoms with Crippen molar-refractivity contribution in [1.82, 2.24) is 5.32 Å². The second-order valence-electron chi connectivity index (χ2n) is 4.30. The lowest BCUT2D eigenvalue weighted by atomic mass is 10.0. The summed E-state index contributed by atoms with van der Waals surface area (Å²) in [5.41, 5.74) is -0.0811. The Morgan fingerprint density at radius 3 is 2.50 bits per heavy atom. The lowest BCUT2D eigenvalue weighted by molar-refractivity contribution is -0.137. The van der Waals surface area contributed by atoms with Crippen molar-refractivity contribution < 1.29 is 18.3 Å². The van der Waals surface area contributed by atoms with Gasteiger partial charge in [0, 0.05) is 12.1 Å². The summed E-state index contributed by atoms with van der Waals surface area (Å²) in [4.78, 5) is 0. The molecule has 18 heavy (non-hydrogen) atoms. The third kappa shape index (κ3) is 3.99. The number of hydrogen-bond acceptors (Lipinski definition) is 2. The summed E-state index contributed by atoms with van der Waals surface area (Å²) in [5.74, 6) is 0. The Kier molecular flexibility index (Phi) is 5.16. The lowest BCUT2D eigenvalue weighted by Crippen LogP contribution is -2.34. The Morgan fingerprint density at radius 2 is 2.00 bits per heavy atom. The fourth-order valence-corrected chi connectivity index (χ4v) is 1.73. The minimum atomic E-state index is -4.32. The van der Waals surface area contributed by atoms with E-state index in [0.29, 0.717) is 5.56 Å². The van der Waals surface area contributed by atoms with Crippen molar-refractivity contribution in [2.45, 2.75) is 38.5 Å². The largest absolute Gasteiger partial charge is 0.416 e. The number of aliphatic hydroxyl groups is 1. The Balaban J connectivity index is 2.83. The van der Waals surface area contributed by atoms with Crippen molar-refractivity contribution in [3.63, 3.8) is 0 Å². The van der Waals surface area contributed by atoms with Crippen LogP contribution in [0, 0.1) is 0 Å². The zero-order valence-electron chi connectivity index (χ0n) is 10.5. The van der Waals surface area contributed by atoms with Crippen LogP contribution in [0.15, 0.2) is 24.3 Å². The molecule has 0 aliphatic heterocycles. The monoisotopic (exact) mass is 261 g/mol. The first-order valence-electron chi connectivity index (χ1n) is 5.92. The molecule has 0 saturated carbocycles. The number of nitrogens with one attached hydrogen (secondary N) is 1. The van der Waals surface area contributed by atoms with Crippen molar-refractivity contribution >= 4 is 0 Å². The van der Waals surface area contributed by atoms with E-state index in [1.54, 1.807) is 13.0 Å². The number of benzene rings is 1. The standard InChI is InChI=1S/C13H18F3NO/c1-3-12(8-18)17-9(2)10-5-4-6-11(7-10)13(14,15)16/h4-7,9,12,17-18H,3,8H2,1-2H3. The van der Waals surface area contributed by atoms with Crippen LogP contribution >= 0.6 is 0 Å². The molecule has 102 valence electrons. The molecule has 1 rings (SSSR count). The van der Waals surface area contributed by atoms with Crippen molar-refractivity contribution in [2.75, 3.05) is 6.61 Å². The highest BCUT2D eigenvalue weighted by Gasteiger charge is 2.30. The van der Waals surface area contributed by atoms with Crippen LogP contribution in [0.4, 0.5) is 13.2 Å². The van der Waals surface area contributed by atoms with Crippen LogP contribution < -0.4 is 5.32 Å². The molecule has 0 fully saturated rings. The maximum Gasteiger partial charge on any atom is 0.416 e. The molecule has 0 heterocycles. The van der Waals surface area contributed by atoms with Gasteiger partial charge in [0.1, 0.15) is 0 Å². The van der Waals surface area contributed by atoms with E-state index in [1.807, 2.05) is 6.92 Å². The van der Waals surface area contributed by atoms with Crippen molar-refractivity contribution in [2.24, 2.45) is 0 Å². The minimum absolute atomic E-state index is 0.0280. The first-order chi connectivity index (χ1) is 8.38. The van der Waals surface area contributed by atoms with Gasteiger partial charge in [0.15, 0.2) is 0 Å². The van der Waals surface area contributed by atoms with Gasteiger partial charge in [-0.15, -0.1) is 0 Å². The molecule has 2 unspecified atom stereocenters. The number of rotatable bonds is 5. The van der Waals surface area contributed by atoms with E-state index < -0.39 is 11.7 Å². The number of halogens is 3. The molecule has 0 bridgehead atoms. The third-order valence-corrected chi connectivity index (χ3v) is 2.91. The van der Waals surface area contributed by atoms with Gasteiger partial charge in [-0.05, 0) is 31.0 Å². The molecule has 0 radical (unpaired) electrons. The van der Waals surface area contributed by atoms with Gasteiger partial charge in [-0.1, -0.05) is 19.1 Å². The van der Waals surface area contributed by atoms with E-state index in [2.05, 4.69) is 5.32 Å².